The van der Waals surface area contributed by atoms with Gasteiger partial charge in [-0.2, -0.15) is 0 Å². The average molecular weight is 278 g/mol. The Balaban J connectivity index is 2.53. The van der Waals surface area contributed by atoms with E-state index in [4.69, 9.17) is 4.74 Å². The molecule has 0 bridgehead atoms. The Morgan fingerprint density at radius 1 is 1.28 bits per heavy atom. The molecular weight excluding hydrogens is 252 g/mol. The van der Waals surface area contributed by atoms with Crippen molar-refractivity contribution < 1.29 is 18.3 Å². The van der Waals surface area contributed by atoms with Crippen LogP contribution in [-0.4, -0.2) is 44.3 Å². The molecule has 0 heterocycles. The summed E-state index contributed by atoms with van der Waals surface area (Å²) in [4.78, 5) is 0. The molecule has 0 aromatic heterocycles. The Kier molecular flexibility index (Phi) is 6.60. The Labute approximate surface area is 111 Å². The zero-order chi connectivity index (χ0) is 13.6. The highest BCUT2D eigenvalue weighted by Crippen LogP contribution is 2.30. The van der Waals surface area contributed by atoms with Crippen molar-refractivity contribution in [2.45, 2.75) is 57.7 Å². The normalized spacial score (nSPS) is 21.7. The average Bonchev–Trinajstić information content (AvgIpc) is 2.33. The van der Waals surface area contributed by atoms with E-state index in [0.29, 0.717) is 12.5 Å². The van der Waals surface area contributed by atoms with Gasteiger partial charge >= 0.3 is 0 Å². The molecular formula is C13H26O4S. The van der Waals surface area contributed by atoms with Crippen LogP contribution in [0.2, 0.25) is 0 Å². The van der Waals surface area contributed by atoms with Crippen molar-refractivity contribution in [2.75, 3.05) is 18.6 Å². The molecule has 5 heteroatoms. The molecule has 1 N–H and O–H groups in total. The molecule has 0 saturated heterocycles. The zero-order valence-electron chi connectivity index (χ0n) is 11.5. The fourth-order valence-corrected chi connectivity index (χ4v) is 3.39. The molecule has 0 amide bonds. The lowest BCUT2D eigenvalue weighted by atomic mass is 9.83. The van der Waals surface area contributed by atoms with Crippen LogP contribution in [0.1, 0.15) is 45.4 Å². The quantitative estimate of drug-likeness (QED) is 0.771. The number of aliphatic hydroxyl groups excluding tert-OH is 1. The van der Waals surface area contributed by atoms with Crippen LogP contribution < -0.4 is 0 Å². The minimum atomic E-state index is -3.01. The van der Waals surface area contributed by atoms with Gasteiger partial charge in [-0.15, -0.1) is 0 Å². The Bertz CT molecular complexity index is 320. The lowest BCUT2D eigenvalue weighted by Gasteiger charge is -2.33. The van der Waals surface area contributed by atoms with Crippen molar-refractivity contribution in [2.24, 2.45) is 5.92 Å². The van der Waals surface area contributed by atoms with E-state index in [0.717, 1.165) is 12.8 Å². The minimum absolute atomic E-state index is 0.0322. The van der Waals surface area contributed by atoms with Gasteiger partial charge in [-0.3, -0.25) is 0 Å². The van der Waals surface area contributed by atoms with E-state index in [2.05, 4.69) is 0 Å². The van der Waals surface area contributed by atoms with Crippen LogP contribution in [0, 0.1) is 5.92 Å². The van der Waals surface area contributed by atoms with Crippen LogP contribution in [-0.2, 0) is 14.6 Å². The topological polar surface area (TPSA) is 63.6 Å². The summed E-state index contributed by atoms with van der Waals surface area (Å²) in [5, 5.41) is 10.2. The summed E-state index contributed by atoms with van der Waals surface area (Å²) in [6.45, 7) is 2.48. The third kappa shape index (κ3) is 5.67. The summed E-state index contributed by atoms with van der Waals surface area (Å²) < 4.78 is 27.9. The molecule has 0 aromatic carbocycles. The van der Waals surface area contributed by atoms with Gasteiger partial charge in [0.15, 0.2) is 0 Å². The molecule has 1 aliphatic rings. The predicted octanol–water partition coefficient (Wildman–Crippen LogP) is 1.77. The number of aliphatic hydroxyl groups is 1. The van der Waals surface area contributed by atoms with E-state index in [-0.39, 0.29) is 18.3 Å². The standard InChI is InChI=1S/C13H26O4S/c1-3-17-13(11-7-5-4-6-8-11)12(14)9-10-18(2,15)16/h11-14H,3-10H2,1-2H3. The molecule has 1 aliphatic carbocycles. The van der Waals surface area contributed by atoms with Gasteiger partial charge < -0.3 is 9.84 Å². The van der Waals surface area contributed by atoms with Crippen LogP contribution in [0.4, 0.5) is 0 Å². The molecule has 1 saturated carbocycles. The van der Waals surface area contributed by atoms with E-state index >= 15 is 0 Å². The first-order valence-corrected chi connectivity index (χ1v) is 8.97. The van der Waals surface area contributed by atoms with Crippen molar-refractivity contribution in [1.29, 1.82) is 0 Å². The first-order chi connectivity index (χ1) is 8.44. The van der Waals surface area contributed by atoms with Gasteiger partial charge in [0.1, 0.15) is 9.84 Å². The molecule has 2 atom stereocenters. The number of sulfone groups is 1. The van der Waals surface area contributed by atoms with Gasteiger partial charge in [-0.25, -0.2) is 8.42 Å². The van der Waals surface area contributed by atoms with Gasteiger partial charge in [-0.1, -0.05) is 19.3 Å². The van der Waals surface area contributed by atoms with Crippen LogP contribution in [0.5, 0.6) is 0 Å². The minimum Gasteiger partial charge on any atom is -0.390 e. The van der Waals surface area contributed by atoms with Crippen molar-refractivity contribution in [3.8, 4) is 0 Å². The summed E-state index contributed by atoms with van der Waals surface area (Å²) in [6.07, 6.45) is 6.42. The fraction of sp³-hybridized carbons (Fsp3) is 1.00. The smallest absolute Gasteiger partial charge is 0.147 e. The number of ether oxygens (including phenoxy) is 1. The van der Waals surface area contributed by atoms with E-state index in [9.17, 15) is 13.5 Å². The van der Waals surface area contributed by atoms with E-state index in [1.807, 2.05) is 6.92 Å². The Hall–Kier alpha value is -0.130. The lowest BCUT2D eigenvalue weighted by Crippen LogP contribution is -2.38. The molecule has 1 rings (SSSR count). The maximum absolute atomic E-state index is 11.1. The molecule has 108 valence electrons. The largest absolute Gasteiger partial charge is 0.390 e. The van der Waals surface area contributed by atoms with Crippen LogP contribution in [0.15, 0.2) is 0 Å². The van der Waals surface area contributed by atoms with Crippen molar-refractivity contribution in [3.63, 3.8) is 0 Å². The molecule has 0 aliphatic heterocycles. The van der Waals surface area contributed by atoms with Crippen LogP contribution in [0.25, 0.3) is 0 Å². The van der Waals surface area contributed by atoms with Crippen molar-refractivity contribution >= 4 is 9.84 Å². The van der Waals surface area contributed by atoms with Gasteiger partial charge in [0.25, 0.3) is 0 Å². The Morgan fingerprint density at radius 3 is 2.39 bits per heavy atom. The van der Waals surface area contributed by atoms with Gasteiger partial charge in [0, 0.05) is 12.9 Å². The number of rotatable bonds is 7. The summed E-state index contributed by atoms with van der Waals surface area (Å²) in [5.41, 5.74) is 0. The zero-order valence-corrected chi connectivity index (χ0v) is 12.3. The third-order valence-corrected chi connectivity index (χ3v) is 4.61. The number of hydrogen-bond donors (Lipinski definition) is 1. The monoisotopic (exact) mass is 278 g/mol. The predicted molar refractivity (Wildman–Crippen MR) is 72.3 cm³/mol. The highest BCUT2D eigenvalue weighted by Gasteiger charge is 2.30. The van der Waals surface area contributed by atoms with Gasteiger partial charge in [0.2, 0.25) is 0 Å². The maximum atomic E-state index is 11.1. The molecule has 18 heavy (non-hydrogen) atoms. The van der Waals surface area contributed by atoms with Crippen molar-refractivity contribution in [3.05, 3.63) is 0 Å². The summed E-state index contributed by atoms with van der Waals surface area (Å²) in [7, 11) is -3.01. The van der Waals surface area contributed by atoms with Crippen LogP contribution >= 0.6 is 0 Å². The maximum Gasteiger partial charge on any atom is 0.147 e. The molecule has 0 aromatic rings. The molecule has 2 unspecified atom stereocenters. The first-order valence-electron chi connectivity index (χ1n) is 6.91. The SMILES string of the molecule is CCOC(C(O)CCS(C)(=O)=O)C1CCCCC1. The van der Waals surface area contributed by atoms with E-state index in [1.165, 1.54) is 25.5 Å². The summed E-state index contributed by atoms with van der Waals surface area (Å²) in [6, 6.07) is 0. The summed E-state index contributed by atoms with van der Waals surface area (Å²) in [5.74, 6) is 0.415. The van der Waals surface area contributed by atoms with E-state index < -0.39 is 15.9 Å². The second kappa shape index (κ2) is 7.46. The molecule has 4 nitrogen and oxygen atoms in total. The van der Waals surface area contributed by atoms with Gasteiger partial charge in [-0.05, 0) is 32.1 Å². The summed E-state index contributed by atoms with van der Waals surface area (Å²) >= 11 is 0. The Morgan fingerprint density at radius 2 is 1.89 bits per heavy atom. The first kappa shape index (κ1) is 15.9. The van der Waals surface area contributed by atoms with Crippen molar-refractivity contribution in [1.82, 2.24) is 0 Å². The van der Waals surface area contributed by atoms with E-state index in [1.54, 1.807) is 0 Å². The molecule has 0 radical (unpaired) electrons. The number of hydrogen-bond acceptors (Lipinski definition) is 4. The fourth-order valence-electron chi connectivity index (χ4n) is 2.72. The lowest BCUT2D eigenvalue weighted by molar-refractivity contribution is -0.0726. The molecule has 0 spiro atoms. The second-order valence-corrected chi connectivity index (χ2v) is 7.56. The van der Waals surface area contributed by atoms with Crippen LogP contribution in [0.3, 0.4) is 0 Å². The molecule has 1 fully saturated rings. The highest BCUT2D eigenvalue weighted by molar-refractivity contribution is 7.90. The third-order valence-electron chi connectivity index (χ3n) is 3.64. The van der Waals surface area contributed by atoms with Gasteiger partial charge in [0.05, 0.1) is 18.0 Å². The second-order valence-electron chi connectivity index (χ2n) is 5.30. The highest BCUT2D eigenvalue weighted by atomic mass is 32.2.